The maximum atomic E-state index is 14.1. The smallest absolute Gasteiger partial charge is 0.318 e. The third kappa shape index (κ3) is 3.62. The lowest BCUT2D eigenvalue weighted by atomic mass is 10.1. The summed E-state index contributed by atoms with van der Waals surface area (Å²) < 4.78 is 14.1. The van der Waals surface area contributed by atoms with Gasteiger partial charge in [0.05, 0.1) is 6.04 Å². The lowest BCUT2D eigenvalue weighted by Crippen LogP contribution is -2.50. The Hall–Kier alpha value is -2.11. The van der Waals surface area contributed by atoms with Crippen molar-refractivity contribution in [2.45, 2.75) is 64.2 Å². The number of amides is 3. The minimum Gasteiger partial charge on any atom is -0.338 e. The zero-order valence-electron chi connectivity index (χ0n) is 15.0. The molecular weight excluding hydrogens is 321 g/mol. The highest BCUT2D eigenvalue weighted by Crippen LogP contribution is 2.35. The van der Waals surface area contributed by atoms with Crippen molar-refractivity contribution in [2.75, 3.05) is 6.54 Å². The first-order valence-corrected chi connectivity index (χ1v) is 9.04. The molecule has 0 radical (unpaired) electrons. The number of rotatable bonds is 5. The topological polar surface area (TPSA) is 52.7 Å². The predicted octanol–water partition coefficient (Wildman–Crippen LogP) is 3.07. The van der Waals surface area contributed by atoms with E-state index in [2.05, 4.69) is 5.32 Å². The average molecular weight is 347 g/mol. The van der Waals surface area contributed by atoms with Crippen molar-refractivity contribution in [3.63, 3.8) is 0 Å². The largest absolute Gasteiger partial charge is 0.338 e. The lowest BCUT2D eigenvalue weighted by molar-refractivity contribution is -0.130. The minimum absolute atomic E-state index is 0.0300. The van der Waals surface area contributed by atoms with Gasteiger partial charge in [-0.3, -0.25) is 4.79 Å². The summed E-state index contributed by atoms with van der Waals surface area (Å²) in [5.41, 5.74) is 0.506. The average Bonchev–Trinajstić information content (AvgIpc) is 3.32. The molecule has 1 aliphatic heterocycles. The first kappa shape index (κ1) is 17.7. The molecule has 136 valence electrons. The Kier molecular flexibility index (Phi) is 4.97. The molecule has 0 bridgehead atoms. The van der Waals surface area contributed by atoms with Crippen LogP contribution in [0.5, 0.6) is 0 Å². The third-order valence-corrected chi connectivity index (χ3v) is 5.11. The number of urea groups is 1. The second kappa shape index (κ2) is 7.02. The van der Waals surface area contributed by atoms with Gasteiger partial charge >= 0.3 is 6.03 Å². The Balaban J connectivity index is 1.72. The fourth-order valence-electron chi connectivity index (χ4n) is 3.55. The van der Waals surface area contributed by atoms with Crippen LogP contribution in [0.15, 0.2) is 24.3 Å². The monoisotopic (exact) mass is 347 g/mol. The Morgan fingerprint density at radius 2 is 1.92 bits per heavy atom. The lowest BCUT2D eigenvalue weighted by Gasteiger charge is -2.31. The van der Waals surface area contributed by atoms with Crippen molar-refractivity contribution < 1.29 is 14.0 Å². The minimum atomic E-state index is -0.482. The van der Waals surface area contributed by atoms with Crippen molar-refractivity contribution >= 4 is 11.9 Å². The predicted molar refractivity (Wildman–Crippen MR) is 93.5 cm³/mol. The summed E-state index contributed by atoms with van der Waals surface area (Å²) in [6, 6.07) is 5.67. The second-order valence-corrected chi connectivity index (χ2v) is 7.25. The molecule has 3 amide bonds. The summed E-state index contributed by atoms with van der Waals surface area (Å²) >= 11 is 0. The molecule has 0 spiro atoms. The van der Waals surface area contributed by atoms with E-state index >= 15 is 0 Å². The number of hydrogen-bond donors (Lipinski definition) is 1. The SMILES string of the molecule is CC(C)N1CCC(NC(=O)N(C2CC2)C(C)c2ccccc2F)C1=O. The number of carbonyl (C=O) groups is 2. The maximum Gasteiger partial charge on any atom is 0.318 e. The summed E-state index contributed by atoms with van der Waals surface area (Å²) in [6.45, 7) is 6.44. The fraction of sp³-hybridized carbons (Fsp3) is 0.579. The quantitative estimate of drug-likeness (QED) is 0.890. The number of nitrogens with zero attached hydrogens (tertiary/aromatic N) is 2. The van der Waals surface area contributed by atoms with Gasteiger partial charge in [0, 0.05) is 24.2 Å². The van der Waals surface area contributed by atoms with E-state index in [0.717, 1.165) is 12.8 Å². The van der Waals surface area contributed by atoms with Crippen LogP contribution in [-0.4, -0.2) is 46.4 Å². The van der Waals surface area contributed by atoms with Crippen LogP contribution in [0.1, 0.15) is 51.6 Å². The summed E-state index contributed by atoms with van der Waals surface area (Å²) in [5.74, 6) is -0.339. The first-order chi connectivity index (χ1) is 11.9. The molecule has 1 heterocycles. The van der Waals surface area contributed by atoms with Gasteiger partial charge in [0.25, 0.3) is 0 Å². The molecule has 2 unspecified atom stereocenters. The van der Waals surface area contributed by atoms with Gasteiger partial charge in [-0.15, -0.1) is 0 Å². The van der Waals surface area contributed by atoms with Gasteiger partial charge in [0.15, 0.2) is 0 Å². The van der Waals surface area contributed by atoms with Crippen LogP contribution >= 0.6 is 0 Å². The van der Waals surface area contributed by atoms with E-state index in [0.29, 0.717) is 18.5 Å². The van der Waals surface area contributed by atoms with Crippen molar-refractivity contribution in [1.29, 1.82) is 0 Å². The van der Waals surface area contributed by atoms with E-state index in [9.17, 15) is 14.0 Å². The highest BCUT2D eigenvalue weighted by Gasteiger charge is 2.40. The van der Waals surface area contributed by atoms with Gasteiger partial charge in [-0.1, -0.05) is 18.2 Å². The molecular formula is C19H26FN3O2. The molecule has 25 heavy (non-hydrogen) atoms. The van der Waals surface area contributed by atoms with Crippen LogP contribution in [-0.2, 0) is 4.79 Å². The number of likely N-dealkylation sites (tertiary alicyclic amines) is 1. The number of carbonyl (C=O) groups excluding carboxylic acids is 2. The van der Waals surface area contributed by atoms with Crippen LogP contribution in [0.2, 0.25) is 0 Å². The zero-order chi connectivity index (χ0) is 18.1. The van der Waals surface area contributed by atoms with Crippen molar-refractivity contribution in [2.24, 2.45) is 0 Å². The van der Waals surface area contributed by atoms with Gasteiger partial charge in [-0.2, -0.15) is 0 Å². The van der Waals surface area contributed by atoms with Gasteiger partial charge in [-0.05, 0) is 46.1 Å². The van der Waals surface area contributed by atoms with Gasteiger partial charge < -0.3 is 15.1 Å². The first-order valence-electron chi connectivity index (χ1n) is 9.04. The van der Waals surface area contributed by atoms with Crippen LogP contribution in [0.4, 0.5) is 9.18 Å². The summed E-state index contributed by atoms with van der Waals surface area (Å²) in [6.07, 6.45) is 2.46. The molecule has 1 aromatic rings. The Morgan fingerprint density at radius 3 is 2.48 bits per heavy atom. The van der Waals surface area contributed by atoms with E-state index in [1.807, 2.05) is 20.8 Å². The van der Waals surface area contributed by atoms with E-state index in [4.69, 9.17) is 0 Å². The highest BCUT2D eigenvalue weighted by atomic mass is 19.1. The number of benzene rings is 1. The molecule has 1 saturated heterocycles. The second-order valence-electron chi connectivity index (χ2n) is 7.25. The van der Waals surface area contributed by atoms with E-state index in [1.54, 1.807) is 28.0 Å². The van der Waals surface area contributed by atoms with Crippen molar-refractivity contribution in [1.82, 2.24) is 15.1 Å². The van der Waals surface area contributed by atoms with Gasteiger partial charge in [-0.25, -0.2) is 9.18 Å². The molecule has 0 aromatic heterocycles. The number of hydrogen-bond acceptors (Lipinski definition) is 2. The van der Waals surface area contributed by atoms with Crippen molar-refractivity contribution in [3.05, 3.63) is 35.6 Å². The van der Waals surface area contributed by atoms with Crippen LogP contribution in [0.3, 0.4) is 0 Å². The normalized spacial score (nSPS) is 21.6. The van der Waals surface area contributed by atoms with Crippen LogP contribution in [0, 0.1) is 5.82 Å². The molecule has 6 heteroatoms. The van der Waals surface area contributed by atoms with E-state index < -0.39 is 6.04 Å². The molecule has 1 aromatic carbocycles. The highest BCUT2D eigenvalue weighted by molar-refractivity contribution is 5.89. The van der Waals surface area contributed by atoms with E-state index in [-0.39, 0.29) is 35.9 Å². The molecule has 1 N–H and O–H groups in total. The van der Waals surface area contributed by atoms with Gasteiger partial charge in [0.1, 0.15) is 11.9 Å². The molecule has 2 atom stereocenters. The van der Waals surface area contributed by atoms with Gasteiger partial charge in [0.2, 0.25) is 5.91 Å². The number of nitrogens with one attached hydrogen (secondary N) is 1. The molecule has 3 rings (SSSR count). The van der Waals surface area contributed by atoms with E-state index in [1.165, 1.54) is 6.07 Å². The number of halogens is 1. The fourth-order valence-corrected chi connectivity index (χ4v) is 3.55. The molecule has 2 aliphatic rings. The zero-order valence-corrected chi connectivity index (χ0v) is 15.0. The molecule has 5 nitrogen and oxygen atoms in total. The standard InChI is InChI=1S/C19H26FN3O2/c1-12(2)22-11-10-17(18(22)24)21-19(25)23(14-8-9-14)13(3)15-6-4-5-7-16(15)20/h4-7,12-14,17H,8-11H2,1-3H3,(H,21,25). The Bertz CT molecular complexity index is 660. The van der Waals surface area contributed by atoms with Crippen LogP contribution < -0.4 is 5.32 Å². The third-order valence-electron chi connectivity index (χ3n) is 5.11. The molecule has 1 aliphatic carbocycles. The summed E-state index contributed by atoms with van der Waals surface area (Å²) in [4.78, 5) is 28.8. The maximum absolute atomic E-state index is 14.1. The Morgan fingerprint density at radius 1 is 1.24 bits per heavy atom. The van der Waals surface area contributed by atoms with Crippen LogP contribution in [0.25, 0.3) is 0 Å². The summed E-state index contributed by atoms with van der Waals surface area (Å²) in [5, 5.41) is 2.88. The molecule has 2 fully saturated rings. The van der Waals surface area contributed by atoms with Crippen molar-refractivity contribution in [3.8, 4) is 0 Å². The summed E-state index contributed by atoms with van der Waals surface area (Å²) in [7, 11) is 0. The molecule has 1 saturated carbocycles. The Labute approximate surface area is 148 Å².